The summed E-state index contributed by atoms with van der Waals surface area (Å²) in [6.45, 7) is 2.61. The van der Waals surface area contributed by atoms with Gasteiger partial charge in [-0.25, -0.2) is 15.0 Å². The zero-order valence-corrected chi connectivity index (χ0v) is 24.8. The minimum absolute atomic E-state index is 0.128. The fourth-order valence-corrected chi connectivity index (χ4v) is 6.26. The summed E-state index contributed by atoms with van der Waals surface area (Å²) >= 11 is 4.74. The minimum Gasteiger partial charge on any atom is -0.491 e. The predicted molar refractivity (Wildman–Crippen MR) is 175 cm³/mol. The van der Waals surface area contributed by atoms with E-state index in [1.807, 2.05) is 64.1 Å². The van der Waals surface area contributed by atoms with Gasteiger partial charge in [0.05, 0.1) is 23.7 Å². The van der Waals surface area contributed by atoms with Gasteiger partial charge in [-0.2, -0.15) is 12.6 Å². The van der Waals surface area contributed by atoms with Gasteiger partial charge in [0.15, 0.2) is 17.2 Å². The number of ether oxygens (including phenoxy) is 1. The molecule has 220 valence electrons. The summed E-state index contributed by atoms with van der Waals surface area (Å²) in [5, 5.41) is -0.241. The maximum atomic E-state index is 12.2. The standard InChI is InChI=1S/C33H29N7O3S/c1-43-30-27(28(41)29(30)42)39-17-16-38(19-26(39)44)18-20-9-11-22(12-10-20)40-32(23-8-5-15-35-31(23)34)37-25-14-13-24(36-33(25)40)21-6-3-2-4-7-21/h2-15,26,44H,16-19H2,1H3,(H2,34,35). The van der Waals surface area contributed by atoms with E-state index in [-0.39, 0.29) is 11.1 Å². The van der Waals surface area contributed by atoms with Crippen LogP contribution >= 0.6 is 12.6 Å². The maximum Gasteiger partial charge on any atom is 0.272 e. The van der Waals surface area contributed by atoms with E-state index in [0.29, 0.717) is 43.5 Å². The number of fused-ring (bicyclic) bond motifs is 1. The second-order valence-electron chi connectivity index (χ2n) is 10.7. The number of nitrogens with zero attached hydrogens (tertiary/aromatic N) is 6. The lowest BCUT2D eigenvalue weighted by Gasteiger charge is -2.41. The van der Waals surface area contributed by atoms with E-state index in [9.17, 15) is 9.59 Å². The number of aromatic nitrogens is 4. The van der Waals surface area contributed by atoms with Crippen LogP contribution in [0.4, 0.5) is 11.5 Å². The van der Waals surface area contributed by atoms with Crippen LogP contribution in [0.15, 0.2) is 94.6 Å². The van der Waals surface area contributed by atoms with Gasteiger partial charge in [0, 0.05) is 43.6 Å². The molecule has 0 aliphatic carbocycles. The van der Waals surface area contributed by atoms with E-state index in [1.165, 1.54) is 7.11 Å². The molecular formula is C33H29N7O3S. The average Bonchev–Trinajstić information content (AvgIpc) is 3.43. The third kappa shape index (κ3) is 4.80. The number of rotatable bonds is 7. The molecule has 1 atom stereocenters. The maximum absolute atomic E-state index is 12.2. The molecule has 0 bridgehead atoms. The Balaban J connectivity index is 1.18. The first-order valence-electron chi connectivity index (χ1n) is 14.2. The van der Waals surface area contributed by atoms with Crippen LogP contribution < -0.4 is 26.2 Å². The first-order valence-corrected chi connectivity index (χ1v) is 14.7. The van der Waals surface area contributed by atoms with E-state index in [1.54, 1.807) is 6.20 Å². The summed E-state index contributed by atoms with van der Waals surface area (Å²) in [5.74, 6) is 1.19. The van der Waals surface area contributed by atoms with Crippen LogP contribution in [0.1, 0.15) is 5.56 Å². The molecule has 3 aromatic heterocycles. The van der Waals surface area contributed by atoms with Crippen LogP contribution in [-0.4, -0.2) is 56.5 Å². The Morgan fingerprint density at radius 3 is 2.45 bits per heavy atom. The molecule has 1 aliphatic heterocycles. The monoisotopic (exact) mass is 603 g/mol. The summed E-state index contributed by atoms with van der Waals surface area (Å²) < 4.78 is 7.17. The summed E-state index contributed by atoms with van der Waals surface area (Å²) in [7, 11) is 1.41. The van der Waals surface area contributed by atoms with E-state index >= 15 is 0 Å². The summed E-state index contributed by atoms with van der Waals surface area (Å²) in [4.78, 5) is 42.4. The first-order chi connectivity index (χ1) is 21.4. The minimum atomic E-state index is -0.572. The molecule has 11 heteroatoms. The van der Waals surface area contributed by atoms with Crippen molar-refractivity contribution in [2.75, 3.05) is 37.4 Å². The van der Waals surface area contributed by atoms with Crippen molar-refractivity contribution < 1.29 is 4.74 Å². The van der Waals surface area contributed by atoms with Crippen molar-refractivity contribution >= 4 is 35.3 Å². The number of methoxy groups -OCH3 is 1. The van der Waals surface area contributed by atoms with Crippen LogP contribution in [0.2, 0.25) is 0 Å². The van der Waals surface area contributed by atoms with Crippen LogP contribution in [0.5, 0.6) is 5.75 Å². The number of benzene rings is 2. The molecule has 0 spiro atoms. The topological polar surface area (TPSA) is 119 Å². The molecule has 1 fully saturated rings. The largest absolute Gasteiger partial charge is 0.491 e. The highest BCUT2D eigenvalue weighted by molar-refractivity contribution is 7.81. The molecule has 3 aromatic carbocycles. The molecule has 0 radical (unpaired) electrons. The van der Waals surface area contributed by atoms with Crippen LogP contribution in [0.25, 0.3) is 39.5 Å². The zero-order valence-electron chi connectivity index (χ0n) is 23.9. The number of pyridine rings is 2. The van der Waals surface area contributed by atoms with Crippen LogP contribution in [-0.2, 0) is 6.54 Å². The SMILES string of the molecule is COc1c(N2CCN(Cc3ccc(-n4c(-c5cccnc5N)nc5ccc(-c6ccccc6)nc54)cc3)CC2S)c(=O)c1=O. The third-order valence-electron chi connectivity index (χ3n) is 8.03. The van der Waals surface area contributed by atoms with Gasteiger partial charge in [-0.1, -0.05) is 42.5 Å². The Kier molecular flexibility index (Phi) is 7.11. The molecule has 1 aliphatic rings. The fraction of sp³-hybridized carbons (Fsp3) is 0.182. The predicted octanol–water partition coefficient (Wildman–Crippen LogP) is 3.91. The van der Waals surface area contributed by atoms with Crippen molar-refractivity contribution in [1.82, 2.24) is 24.4 Å². The van der Waals surface area contributed by atoms with Gasteiger partial charge < -0.3 is 15.4 Å². The number of nitrogens with two attached hydrogens (primary N) is 1. The molecule has 2 N–H and O–H groups in total. The van der Waals surface area contributed by atoms with Crippen molar-refractivity contribution in [1.29, 1.82) is 0 Å². The highest BCUT2D eigenvalue weighted by Crippen LogP contribution is 2.32. The van der Waals surface area contributed by atoms with E-state index in [2.05, 4.69) is 34.1 Å². The first kappa shape index (κ1) is 27.8. The number of imidazole rings is 1. The smallest absolute Gasteiger partial charge is 0.272 e. The number of hydrogen-bond acceptors (Lipinski definition) is 10. The number of nitrogen functional groups attached to an aromatic ring is 1. The van der Waals surface area contributed by atoms with Gasteiger partial charge in [-0.15, -0.1) is 0 Å². The molecule has 0 amide bonds. The van der Waals surface area contributed by atoms with Crippen molar-refractivity contribution in [3.8, 4) is 34.1 Å². The Labute approximate surface area is 258 Å². The highest BCUT2D eigenvalue weighted by Gasteiger charge is 2.33. The molecule has 4 heterocycles. The number of hydrogen-bond donors (Lipinski definition) is 2. The molecule has 7 rings (SSSR count). The Hall–Kier alpha value is -5.00. The molecular weight excluding hydrogens is 574 g/mol. The van der Waals surface area contributed by atoms with Gasteiger partial charge in [0.2, 0.25) is 0 Å². The van der Waals surface area contributed by atoms with Gasteiger partial charge in [0.25, 0.3) is 10.9 Å². The van der Waals surface area contributed by atoms with Gasteiger partial charge in [-0.3, -0.25) is 19.1 Å². The number of thiol groups is 1. The Morgan fingerprint density at radius 2 is 1.73 bits per heavy atom. The molecule has 1 unspecified atom stereocenters. The quantitative estimate of drug-likeness (QED) is 0.207. The van der Waals surface area contributed by atoms with Crippen LogP contribution in [0, 0.1) is 0 Å². The highest BCUT2D eigenvalue weighted by atomic mass is 32.1. The van der Waals surface area contributed by atoms with Crippen molar-refractivity contribution in [2.24, 2.45) is 0 Å². The molecule has 44 heavy (non-hydrogen) atoms. The number of anilines is 2. The van der Waals surface area contributed by atoms with Gasteiger partial charge >= 0.3 is 0 Å². The summed E-state index contributed by atoms with van der Waals surface area (Å²) in [5.41, 5.74) is 11.7. The Morgan fingerprint density at radius 1 is 0.932 bits per heavy atom. The lowest BCUT2D eigenvalue weighted by molar-refractivity contribution is 0.240. The molecule has 6 aromatic rings. The van der Waals surface area contributed by atoms with Crippen molar-refractivity contribution in [2.45, 2.75) is 11.9 Å². The lowest BCUT2D eigenvalue weighted by Crippen LogP contribution is -2.54. The van der Waals surface area contributed by atoms with Gasteiger partial charge in [-0.05, 0) is 42.0 Å². The number of piperazine rings is 1. The zero-order chi connectivity index (χ0) is 30.4. The molecule has 10 nitrogen and oxygen atoms in total. The second kappa shape index (κ2) is 11.3. The fourth-order valence-electron chi connectivity index (χ4n) is 5.80. The second-order valence-corrected chi connectivity index (χ2v) is 11.3. The van der Waals surface area contributed by atoms with E-state index < -0.39 is 10.9 Å². The molecule has 1 saturated heterocycles. The van der Waals surface area contributed by atoms with E-state index in [0.717, 1.165) is 39.2 Å². The summed E-state index contributed by atoms with van der Waals surface area (Å²) in [6.07, 6.45) is 1.67. The normalized spacial score (nSPS) is 15.7. The lowest BCUT2D eigenvalue weighted by atomic mass is 10.1. The summed E-state index contributed by atoms with van der Waals surface area (Å²) in [6, 6.07) is 26.1. The van der Waals surface area contributed by atoms with Crippen molar-refractivity contribution in [3.05, 3.63) is 111 Å². The average molecular weight is 604 g/mol. The third-order valence-corrected chi connectivity index (χ3v) is 8.47. The Bertz CT molecular complexity index is 2050. The van der Waals surface area contributed by atoms with Crippen molar-refractivity contribution in [3.63, 3.8) is 0 Å². The van der Waals surface area contributed by atoms with E-state index in [4.69, 9.17) is 33.1 Å². The van der Waals surface area contributed by atoms with Crippen LogP contribution in [0.3, 0.4) is 0 Å². The molecule has 0 saturated carbocycles. The van der Waals surface area contributed by atoms with Gasteiger partial charge in [0.1, 0.15) is 17.0 Å².